The fourth-order valence-electron chi connectivity index (χ4n) is 10.2. The SMILES string of the molecule is CCC1(C2OC(C3OC(C)(CO)C(C)CC3C)CC2C)CCC(C2(C)CCC3(CC(O)C(C)C(C(C)C(OC)C(C)C(=O)OC)O3)O2)O1. The molecule has 0 radical (unpaired) electrons. The van der Waals surface area contributed by atoms with Gasteiger partial charge in [-0.25, -0.2) is 0 Å². The van der Waals surface area contributed by atoms with Crippen molar-refractivity contribution in [1.29, 1.82) is 0 Å². The van der Waals surface area contributed by atoms with Gasteiger partial charge in [-0.05, 0) is 77.0 Å². The summed E-state index contributed by atoms with van der Waals surface area (Å²) in [5.41, 5.74) is -1.58. The Hall–Kier alpha value is -0.850. The molecule has 0 aromatic heterocycles. The number of hydrogen-bond acceptors (Lipinski definition) is 10. The molecule has 17 unspecified atom stereocenters. The fourth-order valence-corrected chi connectivity index (χ4v) is 10.2. The third-order valence-electron chi connectivity index (χ3n) is 13.7. The summed E-state index contributed by atoms with van der Waals surface area (Å²) in [6.07, 6.45) is 4.53. The van der Waals surface area contributed by atoms with E-state index in [2.05, 4.69) is 34.6 Å². The molecule has 0 aromatic carbocycles. The van der Waals surface area contributed by atoms with Crippen molar-refractivity contribution in [1.82, 2.24) is 0 Å². The van der Waals surface area contributed by atoms with E-state index in [1.807, 2.05) is 27.7 Å². The normalized spacial score (nSPS) is 50.0. The van der Waals surface area contributed by atoms with Gasteiger partial charge in [0.1, 0.15) is 0 Å². The minimum Gasteiger partial charge on any atom is -0.469 e. The van der Waals surface area contributed by atoms with Crippen LogP contribution in [0.2, 0.25) is 0 Å². The molecule has 5 heterocycles. The van der Waals surface area contributed by atoms with Gasteiger partial charge in [0, 0.05) is 31.8 Å². The Morgan fingerprint density at radius 1 is 0.979 bits per heavy atom. The summed E-state index contributed by atoms with van der Waals surface area (Å²) in [6.45, 7) is 18.9. The molecule has 5 fully saturated rings. The van der Waals surface area contributed by atoms with Crippen LogP contribution >= 0.6 is 0 Å². The molecule has 10 nitrogen and oxygen atoms in total. The number of carbonyl (C=O) groups excluding carboxylic acids is 1. The average molecular weight is 683 g/mol. The van der Waals surface area contributed by atoms with Crippen molar-refractivity contribution in [3.05, 3.63) is 0 Å². The molecule has 0 saturated carbocycles. The first-order chi connectivity index (χ1) is 22.5. The van der Waals surface area contributed by atoms with Gasteiger partial charge < -0.3 is 43.4 Å². The summed E-state index contributed by atoms with van der Waals surface area (Å²) >= 11 is 0. The van der Waals surface area contributed by atoms with E-state index in [0.717, 1.165) is 38.5 Å². The van der Waals surface area contributed by atoms with Crippen LogP contribution in [0.5, 0.6) is 0 Å². The van der Waals surface area contributed by atoms with E-state index in [9.17, 15) is 15.0 Å². The van der Waals surface area contributed by atoms with Gasteiger partial charge in [0.2, 0.25) is 0 Å². The van der Waals surface area contributed by atoms with E-state index >= 15 is 0 Å². The first-order valence-corrected chi connectivity index (χ1v) is 18.8. The Morgan fingerprint density at radius 3 is 2.31 bits per heavy atom. The van der Waals surface area contributed by atoms with Crippen LogP contribution < -0.4 is 0 Å². The van der Waals surface area contributed by atoms with Crippen molar-refractivity contribution in [3.63, 3.8) is 0 Å². The second-order valence-electron chi connectivity index (χ2n) is 16.9. The van der Waals surface area contributed by atoms with Crippen LogP contribution in [-0.4, -0.2) is 102 Å². The summed E-state index contributed by atoms with van der Waals surface area (Å²) in [7, 11) is 2.99. The predicted octanol–water partition coefficient (Wildman–Crippen LogP) is 5.43. The van der Waals surface area contributed by atoms with Gasteiger partial charge in [-0.1, -0.05) is 41.5 Å². The van der Waals surface area contributed by atoms with E-state index < -0.39 is 40.7 Å². The van der Waals surface area contributed by atoms with Crippen molar-refractivity contribution in [2.45, 2.75) is 179 Å². The smallest absolute Gasteiger partial charge is 0.311 e. The average Bonchev–Trinajstić information content (AvgIpc) is 3.77. The molecule has 2 N–H and O–H groups in total. The molecule has 5 aliphatic rings. The van der Waals surface area contributed by atoms with Gasteiger partial charge in [0.15, 0.2) is 5.79 Å². The Kier molecular flexibility index (Phi) is 11.4. The maximum atomic E-state index is 12.4. The number of rotatable bonds is 10. The van der Waals surface area contributed by atoms with Crippen molar-refractivity contribution < 1.29 is 48.2 Å². The maximum absolute atomic E-state index is 12.4. The monoisotopic (exact) mass is 682 g/mol. The maximum Gasteiger partial charge on any atom is 0.311 e. The van der Waals surface area contributed by atoms with E-state index in [1.165, 1.54) is 7.11 Å². The summed E-state index contributed by atoms with van der Waals surface area (Å²) in [5.74, 6) is -1.20. The molecule has 5 saturated heterocycles. The first kappa shape index (κ1) is 38.4. The van der Waals surface area contributed by atoms with Gasteiger partial charge in [-0.15, -0.1) is 0 Å². The molecule has 10 heteroatoms. The van der Waals surface area contributed by atoms with E-state index in [0.29, 0.717) is 24.7 Å². The Morgan fingerprint density at radius 2 is 1.69 bits per heavy atom. The van der Waals surface area contributed by atoms with E-state index in [-0.39, 0.29) is 60.8 Å². The zero-order chi connectivity index (χ0) is 35.4. The van der Waals surface area contributed by atoms with Gasteiger partial charge in [-0.2, -0.15) is 0 Å². The molecular formula is C38H66O10. The van der Waals surface area contributed by atoms with Crippen LogP contribution in [0, 0.1) is 35.5 Å². The third kappa shape index (κ3) is 6.75. The van der Waals surface area contributed by atoms with Crippen molar-refractivity contribution in [2.75, 3.05) is 20.8 Å². The van der Waals surface area contributed by atoms with E-state index in [1.54, 1.807) is 7.11 Å². The Labute approximate surface area is 289 Å². The van der Waals surface area contributed by atoms with Gasteiger partial charge in [0.25, 0.3) is 0 Å². The van der Waals surface area contributed by atoms with Crippen molar-refractivity contribution >= 4 is 5.97 Å². The van der Waals surface area contributed by atoms with Crippen molar-refractivity contribution in [3.8, 4) is 0 Å². The van der Waals surface area contributed by atoms with E-state index in [4.69, 9.17) is 33.2 Å². The summed E-state index contributed by atoms with van der Waals surface area (Å²) < 4.78 is 45.4. The lowest BCUT2D eigenvalue weighted by atomic mass is 9.77. The van der Waals surface area contributed by atoms with Crippen LogP contribution in [-0.2, 0) is 38.0 Å². The Bertz CT molecular complexity index is 1120. The highest BCUT2D eigenvalue weighted by Gasteiger charge is 2.62. The fraction of sp³-hybridized carbons (Fsp3) is 0.974. The molecule has 278 valence electrons. The molecule has 48 heavy (non-hydrogen) atoms. The minimum atomic E-state index is -0.944. The first-order valence-electron chi connectivity index (χ1n) is 18.8. The lowest BCUT2D eigenvalue weighted by molar-refractivity contribution is -0.335. The van der Waals surface area contributed by atoms with Crippen LogP contribution in [0.4, 0.5) is 0 Å². The number of aliphatic hydroxyl groups is 2. The number of hydrogen-bond donors (Lipinski definition) is 2. The molecule has 0 aliphatic carbocycles. The van der Waals surface area contributed by atoms with Crippen LogP contribution in [0.3, 0.4) is 0 Å². The molecule has 1 spiro atoms. The molecule has 0 aromatic rings. The lowest BCUT2D eigenvalue weighted by Gasteiger charge is -2.49. The van der Waals surface area contributed by atoms with Gasteiger partial charge >= 0.3 is 5.97 Å². The quantitative estimate of drug-likeness (QED) is 0.289. The van der Waals surface area contributed by atoms with Gasteiger partial charge in [-0.3, -0.25) is 4.79 Å². The second-order valence-corrected chi connectivity index (χ2v) is 16.9. The summed E-state index contributed by atoms with van der Waals surface area (Å²) in [6, 6.07) is 0. The zero-order valence-corrected chi connectivity index (χ0v) is 31.5. The van der Waals surface area contributed by atoms with Crippen LogP contribution in [0.15, 0.2) is 0 Å². The zero-order valence-electron chi connectivity index (χ0n) is 31.5. The number of aliphatic hydroxyl groups excluding tert-OH is 2. The molecule has 5 rings (SSSR count). The van der Waals surface area contributed by atoms with Crippen molar-refractivity contribution in [2.24, 2.45) is 35.5 Å². The third-order valence-corrected chi connectivity index (χ3v) is 13.7. The lowest BCUT2D eigenvalue weighted by Crippen LogP contribution is -2.57. The summed E-state index contributed by atoms with van der Waals surface area (Å²) in [5, 5.41) is 21.5. The standard InChI is InChI=1S/C38H66O10/c1-12-37(33-22(3)18-28(44-33)30-21(2)17-23(4)36(9,20-39)46-30)14-13-29(45-37)35(8)15-16-38(48-35)19-27(40)24(5)32(47-38)25(6)31(42-10)26(7)34(41)43-11/h21-33,39-40H,12-20H2,1-11H3. The number of esters is 1. The Balaban J connectivity index is 1.28. The predicted molar refractivity (Wildman–Crippen MR) is 180 cm³/mol. The van der Waals surface area contributed by atoms with Crippen LogP contribution in [0.1, 0.15) is 114 Å². The van der Waals surface area contributed by atoms with Crippen LogP contribution in [0.25, 0.3) is 0 Å². The molecule has 0 amide bonds. The molecule has 5 aliphatic heterocycles. The highest BCUT2D eigenvalue weighted by molar-refractivity contribution is 5.72. The number of methoxy groups -OCH3 is 2. The second kappa shape index (κ2) is 14.3. The number of carbonyl (C=O) groups is 1. The molecular weight excluding hydrogens is 616 g/mol. The highest BCUT2D eigenvalue weighted by Crippen LogP contribution is 2.55. The van der Waals surface area contributed by atoms with Gasteiger partial charge in [0.05, 0.1) is 79.2 Å². The largest absolute Gasteiger partial charge is 0.469 e. The topological polar surface area (TPSA) is 122 Å². The molecule has 0 bridgehead atoms. The molecule has 17 atom stereocenters. The summed E-state index contributed by atoms with van der Waals surface area (Å²) in [4.78, 5) is 12.4. The number of ether oxygens (including phenoxy) is 7. The highest BCUT2D eigenvalue weighted by atomic mass is 16.7. The minimum absolute atomic E-state index is 0.00570.